The first-order valence-corrected chi connectivity index (χ1v) is 10.1. The highest BCUT2D eigenvalue weighted by Gasteiger charge is 2.18. The van der Waals surface area contributed by atoms with Gasteiger partial charge in [-0.2, -0.15) is 0 Å². The molecule has 3 rings (SSSR count). The summed E-state index contributed by atoms with van der Waals surface area (Å²) in [5, 5.41) is 6.02. The quantitative estimate of drug-likeness (QED) is 0.601. The highest BCUT2D eigenvalue weighted by atomic mass is 79.9. The Bertz CT molecular complexity index is 900. The molecule has 1 amide bonds. The summed E-state index contributed by atoms with van der Waals surface area (Å²) in [5.74, 6) is -1.29. The number of rotatable bonds is 7. The number of hydrogen-bond donors (Lipinski definition) is 2. The minimum Gasteiger partial charge on any atom is -0.465 e. The Morgan fingerprint density at radius 1 is 1.24 bits per heavy atom. The molecule has 0 unspecified atom stereocenters. The van der Waals surface area contributed by atoms with Crippen LogP contribution < -0.4 is 10.6 Å². The Kier molecular flexibility index (Phi) is 7.22. The molecule has 2 aromatic carbocycles. The zero-order valence-corrected chi connectivity index (χ0v) is 17.6. The maximum atomic E-state index is 14.0. The van der Waals surface area contributed by atoms with E-state index in [1.807, 2.05) is 0 Å². The number of methoxy groups -OCH3 is 1. The topological polar surface area (TPSA) is 76.7 Å². The van der Waals surface area contributed by atoms with E-state index in [9.17, 15) is 14.0 Å². The SMILES string of the molecule is COC(=O)c1ccc(NC(=O)Cc2ccc(Br)cc2F)c(NC[C@@H]2CCCO2)c1. The summed E-state index contributed by atoms with van der Waals surface area (Å²) < 4.78 is 25.0. The first-order valence-electron chi connectivity index (χ1n) is 9.28. The molecule has 29 heavy (non-hydrogen) atoms. The van der Waals surface area contributed by atoms with Crippen molar-refractivity contribution >= 4 is 39.2 Å². The van der Waals surface area contributed by atoms with Gasteiger partial charge in [-0.1, -0.05) is 22.0 Å². The van der Waals surface area contributed by atoms with Crippen molar-refractivity contribution in [2.75, 3.05) is 30.9 Å². The van der Waals surface area contributed by atoms with E-state index >= 15 is 0 Å². The lowest BCUT2D eigenvalue weighted by atomic mass is 10.1. The number of amides is 1. The summed E-state index contributed by atoms with van der Waals surface area (Å²) in [6, 6.07) is 9.39. The Hall–Kier alpha value is -2.45. The van der Waals surface area contributed by atoms with Gasteiger partial charge in [0.05, 0.1) is 36.6 Å². The third-order valence-electron chi connectivity index (χ3n) is 4.63. The molecular formula is C21H22BrFN2O4. The van der Waals surface area contributed by atoms with E-state index in [4.69, 9.17) is 9.47 Å². The molecule has 1 heterocycles. The summed E-state index contributed by atoms with van der Waals surface area (Å²) in [6.45, 7) is 1.28. The van der Waals surface area contributed by atoms with Crippen molar-refractivity contribution < 1.29 is 23.5 Å². The standard InChI is InChI=1S/C21H22BrFN2O4/c1-28-21(27)14-5-7-18(19(9-14)24-12-16-3-2-8-29-16)25-20(26)10-13-4-6-15(22)11-17(13)23/h4-7,9,11,16,24H,2-3,8,10,12H2,1H3,(H,25,26)/t16-/m0/s1. The highest BCUT2D eigenvalue weighted by molar-refractivity contribution is 9.10. The molecular weight excluding hydrogens is 443 g/mol. The van der Waals surface area contributed by atoms with Gasteiger partial charge in [-0.3, -0.25) is 4.79 Å². The lowest BCUT2D eigenvalue weighted by Crippen LogP contribution is -2.21. The van der Waals surface area contributed by atoms with Gasteiger partial charge < -0.3 is 20.1 Å². The molecule has 0 bridgehead atoms. The van der Waals surface area contributed by atoms with Crippen LogP contribution in [-0.4, -0.2) is 38.2 Å². The van der Waals surface area contributed by atoms with Gasteiger partial charge in [0, 0.05) is 17.6 Å². The smallest absolute Gasteiger partial charge is 0.337 e. The first-order chi connectivity index (χ1) is 14.0. The monoisotopic (exact) mass is 464 g/mol. The third-order valence-corrected chi connectivity index (χ3v) is 5.12. The number of halogens is 2. The maximum absolute atomic E-state index is 14.0. The van der Waals surface area contributed by atoms with Crippen LogP contribution in [0.15, 0.2) is 40.9 Å². The fraction of sp³-hybridized carbons (Fsp3) is 0.333. The van der Waals surface area contributed by atoms with Gasteiger partial charge in [0.15, 0.2) is 0 Å². The fourth-order valence-corrected chi connectivity index (χ4v) is 3.44. The first kappa shape index (κ1) is 21.3. The van der Waals surface area contributed by atoms with E-state index < -0.39 is 11.8 Å². The van der Waals surface area contributed by atoms with Crippen molar-refractivity contribution in [3.8, 4) is 0 Å². The van der Waals surface area contributed by atoms with Crippen LogP contribution in [0.2, 0.25) is 0 Å². The molecule has 0 spiro atoms. The largest absolute Gasteiger partial charge is 0.465 e. The summed E-state index contributed by atoms with van der Waals surface area (Å²) in [6.07, 6.45) is 1.94. The van der Waals surface area contributed by atoms with Crippen LogP contribution in [0.1, 0.15) is 28.8 Å². The Morgan fingerprint density at radius 2 is 2.07 bits per heavy atom. The molecule has 1 aliphatic rings. The lowest BCUT2D eigenvalue weighted by Gasteiger charge is -2.17. The van der Waals surface area contributed by atoms with E-state index in [2.05, 4.69) is 26.6 Å². The Balaban J connectivity index is 1.74. The van der Waals surface area contributed by atoms with Gasteiger partial charge >= 0.3 is 5.97 Å². The van der Waals surface area contributed by atoms with E-state index in [0.29, 0.717) is 33.5 Å². The normalized spacial score (nSPS) is 15.8. The van der Waals surface area contributed by atoms with Gasteiger partial charge in [0.2, 0.25) is 5.91 Å². The second kappa shape index (κ2) is 9.84. The minimum atomic E-state index is -0.472. The molecule has 1 saturated heterocycles. The number of nitrogens with one attached hydrogen (secondary N) is 2. The van der Waals surface area contributed by atoms with Crippen LogP contribution >= 0.6 is 15.9 Å². The number of ether oxygens (including phenoxy) is 2. The molecule has 0 saturated carbocycles. The summed E-state index contributed by atoms with van der Waals surface area (Å²) in [7, 11) is 1.31. The predicted octanol–water partition coefficient (Wildman–Crippen LogP) is 4.15. The van der Waals surface area contributed by atoms with Gasteiger partial charge in [0.1, 0.15) is 5.82 Å². The molecule has 1 fully saturated rings. The van der Waals surface area contributed by atoms with Crippen molar-refractivity contribution in [2.24, 2.45) is 0 Å². The number of anilines is 2. The summed E-state index contributed by atoms with van der Waals surface area (Å²) in [5.41, 5.74) is 1.73. The van der Waals surface area contributed by atoms with E-state index in [1.165, 1.54) is 13.2 Å². The van der Waals surface area contributed by atoms with Gasteiger partial charge in [0.25, 0.3) is 0 Å². The van der Waals surface area contributed by atoms with Crippen LogP contribution in [0, 0.1) is 5.82 Å². The molecule has 0 aromatic heterocycles. The number of esters is 1. The average Bonchev–Trinajstić information content (AvgIpc) is 3.22. The van der Waals surface area contributed by atoms with Crippen LogP contribution in [0.3, 0.4) is 0 Å². The van der Waals surface area contributed by atoms with Crippen LogP contribution in [0.5, 0.6) is 0 Å². The minimum absolute atomic E-state index is 0.0807. The number of benzene rings is 2. The van der Waals surface area contributed by atoms with Crippen molar-refractivity contribution in [2.45, 2.75) is 25.4 Å². The Labute approximate surface area is 176 Å². The second-order valence-electron chi connectivity index (χ2n) is 6.73. The molecule has 2 aromatic rings. The molecule has 1 aliphatic heterocycles. The summed E-state index contributed by atoms with van der Waals surface area (Å²) >= 11 is 3.20. The molecule has 8 heteroatoms. The summed E-state index contributed by atoms with van der Waals surface area (Å²) in [4.78, 5) is 24.3. The zero-order valence-electron chi connectivity index (χ0n) is 16.0. The maximum Gasteiger partial charge on any atom is 0.337 e. The van der Waals surface area contributed by atoms with Crippen molar-refractivity contribution in [1.29, 1.82) is 0 Å². The van der Waals surface area contributed by atoms with Gasteiger partial charge in [-0.05, 0) is 48.7 Å². The van der Waals surface area contributed by atoms with Crippen molar-refractivity contribution in [3.05, 3.63) is 57.8 Å². The second-order valence-corrected chi connectivity index (χ2v) is 7.64. The highest BCUT2D eigenvalue weighted by Crippen LogP contribution is 2.25. The van der Waals surface area contributed by atoms with Crippen molar-refractivity contribution in [1.82, 2.24) is 0 Å². The molecule has 2 N–H and O–H groups in total. The van der Waals surface area contributed by atoms with Crippen LogP contribution in [0.4, 0.5) is 15.8 Å². The average molecular weight is 465 g/mol. The fourth-order valence-electron chi connectivity index (χ4n) is 3.11. The zero-order chi connectivity index (χ0) is 20.8. The molecule has 6 nitrogen and oxygen atoms in total. The van der Waals surface area contributed by atoms with Crippen LogP contribution in [-0.2, 0) is 20.7 Å². The van der Waals surface area contributed by atoms with E-state index in [0.717, 1.165) is 19.4 Å². The van der Waals surface area contributed by atoms with E-state index in [1.54, 1.807) is 30.3 Å². The number of carbonyl (C=O) groups is 2. The van der Waals surface area contributed by atoms with Gasteiger partial charge in [-0.15, -0.1) is 0 Å². The molecule has 154 valence electrons. The van der Waals surface area contributed by atoms with Crippen molar-refractivity contribution in [3.63, 3.8) is 0 Å². The predicted molar refractivity (Wildman–Crippen MR) is 112 cm³/mol. The number of carbonyl (C=O) groups excluding carboxylic acids is 2. The molecule has 0 radical (unpaired) electrons. The van der Waals surface area contributed by atoms with Crippen LogP contribution in [0.25, 0.3) is 0 Å². The van der Waals surface area contributed by atoms with Gasteiger partial charge in [-0.25, -0.2) is 9.18 Å². The third kappa shape index (κ3) is 5.77. The Morgan fingerprint density at radius 3 is 2.76 bits per heavy atom. The van der Waals surface area contributed by atoms with E-state index in [-0.39, 0.29) is 18.4 Å². The molecule has 0 aliphatic carbocycles. The number of hydrogen-bond acceptors (Lipinski definition) is 5. The molecule has 1 atom stereocenters. The lowest BCUT2D eigenvalue weighted by molar-refractivity contribution is -0.115.